The number of rotatable bonds is 4. The van der Waals surface area contributed by atoms with Crippen molar-refractivity contribution in [3.05, 3.63) is 0 Å². The van der Waals surface area contributed by atoms with Crippen LogP contribution in [0.15, 0.2) is 0 Å². The maximum absolute atomic E-state index is 9.37. The molecule has 0 aromatic rings. The van der Waals surface area contributed by atoms with Gasteiger partial charge in [-0.1, -0.05) is 0 Å². The zero-order valence-corrected chi connectivity index (χ0v) is 7.74. The first-order valence-corrected chi connectivity index (χ1v) is 4.54. The van der Waals surface area contributed by atoms with Crippen molar-refractivity contribution in [2.45, 2.75) is 31.0 Å². The Morgan fingerprint density at radius 1 is 1.29 bits per heavy atom. The number of aliphatic hydroxyl groups is 4. The second-order valence-corrected chi connectivity index (χ2v) is 3.17. The molecule has 0 spiro atoms. The fraction of sp³-hybridized carbons (Fsp3) is 1.00. The minimum Gasteiger partial charge on any atom is -0.394 e. The maximum atomic E-state index is 9.37. The zero-order chi connectivity index (χ0) is 10.6. The molecule has 4 N–H and O–H groups in total. The first kappa shape index (κ1) is 11.8. The quantitative estimate of drug-likeness (QED) is 0.419. The molecule has 6 nitrogen and oxygen atoms in total. The van der Waals surface area contributed by atoms with Gasteiger partial charge < -0.3 is 29.9 Å². The smallest absolute Gasteiger partial charge is 0.160 e. The summed E-state index contributed by atoms with van der Waals surface area (Å²) in [7, 11) is 0. The van der Waals surface area contributed by atoms with Gasteiger partial charge in [0.1, 0.15) is 12.2 Å². The van der Waals surface area contributed by atoms with Crippen molar-refractivity contribution in [3.63, 3.8) is 0 Å². The highest BCUT2D eigenvalue weighted by Gasteiger charge is 2.36. The highest BCUT2D eigenvalue weighted by molar-refractivity contribution is 4.82. The van der Waals surface area contributed by atoms with E-state index in [9.17, 15) is 10.2 Å². The fourth-order valence-electron chi connectivity index (χ4n) is 1.36. The number of hydrogen-bond donors (Lipinski definition) is 4. The van der Waals surface area contributed by atoms with E-state index >= 15 is 0 Å². The van der Waals surface area contributed by atoms with Crippen molar-refractivity contribution in [1.82, 2.24) is 0 Å². The predicted molar refractivity (Wildman–Crippen MR) is 45.4 cm³/mol. The van der Waals surface area contributed by atoms with Crippen LogP contribution in [0, 0.1) is 0 Å². The third-order valence-corrected chi connectivity index (χ3v) is 2.11. The summed E-state index contributed by atoms with van der Waals surface area (Å²) in [5.74, 6) is 0. The maximum Gasteiger partial charge on any atom is 0.160 e. The summed E-state index contributed by atoms with van der Waals surface area (Å²) in [6, 6.07) is 0. The molecule has 1 rings (SSSR count). The largest absolute Gasteiger partial charge is 0.394 e. The Morgan fingerprint density at radius 2 is 2.00 bits per heavy atom. The molecule has 1 saturated heterocycles. The molecular weight excluding hydrogens is 192 g/mol. The average Bonchev–Trinajstić information content (AvgIpc) is 2.19. The normalized spacial score (nSPS) is 38.6. The van der Waals surface area contributed by atoms with E-state index in [4.69, 9.17) is 19.7 Å². The average molecular weight is 208 g/mol. The molecule has 84 valence electrons. The molecule has 0 unspecified atom stereocenters. The summed E-state index contributed by atoms with van der Waals surface area (Å²) in [6.07, 6.45) is -3.43. The molecule has 0 saturated carbocycles. The minimum absolute atomic E-state index is 0.103. The summed E-state index contributed by atoms with van der Waals surface area (Å²) in [5, 5.41) is 36.0. The van der Waals surface area contributed by atoms with Crippen LogP contribution in [-0.2, 0) is 9.47 Å². The van der Waals surface area contributed by atoms with E-state index in [0.717, 1.165) is 0 Å². The van der Waals surface area contributed by atoms with Crippen molar-refractivity contribution in [1.29, 1.82) is 0 Å². The minimum atomic E-state index is -1.09. The van der Waals surface area contributed by atoms with Crippen molar-refractivity contribution in [2.24, 2.45) is 0 Å². The summed E-state index contributed by atoms with van der Waals surface area (Å²) in [5.41, 5.74) is 0. The van der Waals surface area contributed by atoms with Crippen molar-refractivity contribution >= 4 is 0 Å². The Bertz CT molecular complexity index is 164. The van der Waals surface area contributed by atoms with Crippen LogP contribution in [0.2, 0.25) is 0 Å². The highest BCUT2D eigenvalue weighted by Crippen LogP contribution is 2.20. The van der Waals surface area contributed by atoms with Crippen molar-refractivity contribution in [2.75, 3.05) is 19.8 Å². The summed E-state index contributed by atoms with van der Waals surface area (Å²) in [4.78, 5) is 0. The first-order chi connectivity index (χ1) is 6.69. The van der Waals surface area contributed by atoms with Crippen LogP contribution in [-0.4, -0.2) is 64.8 Å². The SMILES string of the molecule is OCCO[C@H]1C[C@@H](O)[C@@H](O)[C@@H](CO)O1. The van der Waals surface area contributed by atoms with Gasteiger partial charge in [0.15, 0.2) is 6.29 Å². The lowest BCUT2D eigenvalue weighted by Gasteiger charge is -2.35. The predicted octanol–water partition coefficient (Wildman–Crippen LogP) is -2.18. The van der Waals surface area contributed by atoms with Crippen LogP contribution in [0.3, 0.4) is 0 Å². The van der Waals surface area contributed by atoms with E-state index in [1.54, 1.807) is 0 Å². The molecule has 0 aromatic carbocycles. The molecule has 6 heteroatoms. The summed E-state index contributed by atoms with van der Waals surface area (Å²) < 4.78 is 10.2. The van der Waals surface area contributed by atoms with Gasteiger partial charge in [0.2, 0.25) is 0 Å². The number of ether oxygens (including phenoxy) is 2. The third-order valence-electron chi connectivity index (χ3n) is 2.11. The van der Waals surface area contributed by atoms with Crippen LogP contribution in [0.25, 0.3) is 0 Å². The molecule has 0 bridgehead atoms. The Kier molecular flexibility index (Phi) is 4.73. The fourth-order valence-corrected chi connectivity index (χ4v) is 1.36. The van der Waals surface area contributed by atoms with Crippen LogP contribution in [0.4, 0.5) is 0 Å². The third kappa shape index (κ3) is 2.88. The second-order valence-electron chi connectivity index (χ2n) is 3.17. The van der Waals surface area contributed by atoms with Gasteiger partial charge in [0.25, 0.3) is 0 Å². The van der Waals surface area contributed by atoms with Gasteiger partial charge in [-0.3, -0.25) is 0 Å². The van der Waals surface area contributed by atoms with Crippen LogP contribution >= 0.6 is 0 Å². The van der Waals surface area contributed by atoms with Gasteiger partial charge in [-0.05, 0) is 0 Å². The molecule has 0 amide bonds. The van der Waals surface area contributed by atoms with Crippen molar-refractivity contribution in [3.8, 4) is 0 Å². The highest BCUT2D eigenvalue weighted by atomic mass is 16.7. The monoisotopic (exact) mass is 208 g/mol. The van der Waals surface area contributed by atoms with Gasteiger partial charge in [-0.15, -0.1) is 0 Å². The van der Waals surface area contributed by atoms with Crippen LogP contribution in [0.5, 0.6) is 0 Å². The lowest BCUT2D eigenvalue weighted by molar-refractivity contribution is -0.258. The molecule has 0 aromatic heterocycles. The molecule has 14 heavy (non-hydrogen) atoms. The topological polar surface area (TPSA) is 99.4 Å². The van der Waals surface area contributed by atoms with E-state index in [2.05, 4.69) is 0 Å². The lowest BCUT2D eigenvalue weighted by atomic mass is 10.0. The van der Waals surface area contributed by atoms with E-state index in [1.165, 1.54) is 0 Å². The Hall–Kier alpha value is -0.240. The Labute approximate surface area is 81.7 Å². The Balaban J connectivity index is 2.41. The Morgan fingerprint density at radius 3 is 2.57 bits per heavy atom. The van der Waals surface area contributed by atoms with E-state index < -0.39 is 24.6 Å². The summed E-state index contributed by atoms with van der Waals surface area (Å²) >= 11 is 0. The molecule has 1 heterocycles. The molecule has 0 radical (unpaired) electrons. The van der Waals surface area contributed by atoms with Gasteiger partial charge in [-0.25, -0.2) is 0 Å². The van der Waals surface area contributed by atoms with Crippen LogP contribution in [0.1, 0.15) is 6.42 Å². The van der Waals surface area contributed by atoms with E-state index in [1.807, 2.05) is 0 Å². The molecule has 1 fully saturated rings. The first-order valence-electron chi connectivity index (χ1n) is 4.54. The molecule has 0 aliphatic carbocycles. The van der Waals surface area contributed by atoms with Crippen LogP contribution < -0.4 is 0 Å². The lowest BCUT2D eigenvalue weighted by Crippen LogP contribution is -2.50. The van der Waals surface area contributed by atoms with Crippen molar-refractivity contribution < 1.29 is 29.9 Å². The summed E-state index contributed by atoms with van der Waals surface area (Å²) in [6.45, 7) is -0.412. The van der Waals surface area contributed by atoms with Gasteiger partial charge >= 0.3 is 0 Å². The zero-order valence-electron chi connectivity index (χ0n) is 7.74. The van der Waals surface area contributed by atoms with E-state index in [0.29, 0.717) is 0 Å². The second kappa shape index (κ2) is 5.59. The number of aliphatic hydroxyl groups excluding tert-OH is 4. The molecular formula is C8H16O6. The number of hydrogen-bond acceptors (Lipinski definition) is 6. The molecule has 1 aliphatic heterocycles. The van der Waals surface area contributed by atoms with Gasteiger partial charge in [0.05, 0.1) is 25.9 Å². The molecule has 4 atom stereocenters. The standard InChI is InChI=1S/C8H16O6/c9-1-2-13-7-3-5(11)8(12)6(4-10)14-7/h5-12H,1-4H2/t5-,6-,7-,8-/m1/s1. The molecule has 1 aliphatic rings. The van der Waals surface area contributed by atoms with Gasteiger partial charge in [0, 0.05) is 6.42 Å². The van der Waals surface area contributed by atoms with Gasteiger partial charge in [-0.2, -0.15) is 0 Å². The van der Waals surface area contributed by atoms with E-state index in [-0.39, 0.29) is 26.2 Å².